The second-order valence-corrected chi connectivity index (χ2v) is 5.99. The molecular weight excluding hydrogens is 258 g/mol. The highest BCUT2D eigenvalue weighted by Crippen LogP contribution is 2.24. The number of nitrogens with zero attached hydrogens (tertiary/aromatic N) is 1. The number of nitrogens with one attached hydrogen (secondary N) is 2. The van der Waals surface area contributed by atoms with Gasteiger partial charge in [-0.15, -0.1) is 0 Å². The summed E-state index contributed by atoms with van der Waals surface area (Å²) in [7, 11) is 0. The molecule has 1 aliphatic heterocycles. The van der Waals surface area contributed by atoms with E-state index < -0.39 is 0 Å². The molecule has 1 saturated carbocycles. The van der Waals surface area contributed by atoms with E-state index in [2.05, 4.69) is 35.6 Å². The number of allylic oxidation sites excluding steroid dienone is 2. The van der Waals surface area contributed by atoms with Gasteiger partial charge in [0.25, 0.3) is 0 Å². The minimum Gasteiger partial charge on any atom is -0.386 e. The molecule has 0 amide bonds. The van der Waals surface area contributed by atoms with E-state index >= 15 is 0 Å². The molecule has 112 valence electrons. The summed E-state index contributed by atoms with van der Waals surface area (Å²) in [4.78, 5) is 8.02. The van der Waals surface area contributed by atoms with Gasteiger partial charge in [0.2, 0.25) is 0 Å². The van der Waals surface area contributed by atoms with Crippen LogP contribution >= 0.6 is 0 Å². The molecule has 1 fully saturated rings. The number of hydrogen-bond acceptors (Lipinski definition) is 2. The first-order chi connectivity index (χ1) is 10.4. The molecule has 1 aliphatic carbocycles. The zero-order chi connectivity index (χ0) is 14.5. The van der Waals surface area contributed by atoms with Crippen LogP contribution in [-0.4, -0.2) is 16.7 Å². The van der Waals surface area contributed by atoms with Crippen molar-refractivity contribution in [2.24, 2.45) is 4.99 Å². The first kappa shape index (κ1) is 14.2. The largest absolute Gasteiger partial charge is 0.386 e. The van der Waals surface area contributed by atoms with Crippen LogP contribution in [0.15, 0.2) is 46.9 Å². The fraction of sp³-hybridized carbons (Fsp3) is 0.500. The van der Waals surface area contributed by atoms with E-state index in [9.17, 15) is 0 Å². The van der Waals surface area contributed by atoms with Crippen molar-refractivity contribution in [2.75, 3.05) is 0 Å². The Balaban J connectivity index is 1.71. The molecule has 3 rings (SSSR count). The summed E-state index contributed by atoms with van der Waals surface area (Å²) in [5, 5.41) is 3.61. The molecule has 0 radical (unpaired) electrons. The number of rotatable bonds is 4. The van der Waals surface area contributed by atoms with Gasteiger partial charge in [0.1, 0.15) is 0 Å². The van der Waals surface area contributed by atoms with Crippen LogP contribution < -0.4 is 5.32 Å². The number of hydrogen-bond donors (Lipinski definition) is 2. The topological polar surface area (TPSA) is 40.2 Å². The smallest absolute Gasteiger partial charge is 0.0875 e. The highest BCUT2D eigenvalue weighted by Gasteiger charge is 2.16. The molecule has 0 saturated heterocycles. The number of H-pyrrole nitrogens is 1. The van der Waals surface area contributed by atoms with Crippen molar-refractivity contribution in [3.8, 4) is 0 Å². The lowest BCUT2D eigenvalue weighted by Crippen LogP contribution is -2.23. The monoisotopic (exact) mass is 283 g/mol. The third kappa shape index (κ3) is 3.46. The summed E-state index contributed by atoms with van der Waals surface area (Å²) in [5.41, 5.74) is 4.57. The molecule has 0 bridgehead atoms. The Morgan fingerprint density at radius 1 is 1.29 bits per heavy atom. The lowest BCUT2D eigenvalue weighted by molar-refractivity contribution is 0.515. The molecule has 0 unspecified atom stereocenters. The van der Waals surface area contributed by atoms with Crippen molar-refractivity contribution < 1.29 is 0 Å². The van der Waals surface area contributed by atoms with Crippen LogP contribution in [0.1, 0.15) is 57.6 Å². The van der Waals surface area contributed by atoms with Crippen molar-refractivity contribution in [1.82, 2.24) is 10.3 Å². The van der Waals surface area contributed by atoms with Gasteiger partial charge >= 0.3 is 0 Å². The van der Waals surface area contributed by atoms with Crippen LogP contribution in [-0.2, 0) is 0 Å². The Kier molecular flexibility index (Phi) is 4.59. The van der Waals surface area contributed by atoms with E-state index in [4.69, 9.17) is 4.99 Å². The number of aliphatic imine (C=N–C) groups is 1. The van der Waals surface area contributed by atoms with Gasteiger partial charge in [-0.2, -0.15) is 0 Å². The number of aromatic nitrogens is 1. The summed E-state index contributed by atoms with van der Waals surface area (Å²) >= 11 is 0. The zero-order valence-electron chi connectivity index (χ0n) is 12.9. The Bertz CT molecular complexity index is 541. The Morgan fingerprint density at radius 3 is 2.76 bits per heavy atom. The van der Waals surface area contributed by atoms with Crippen LogP contribution in [0.2, 0.25) is 0 Å². The third-order valence-corrected chi connectivity index (χ3v) is 4.45. The van der Waals surface area contributed by atoms with Crippen molar-refractivity contribution >= 4 is 5.71 Å². The lowest BCUT2D eigenvalue weighted by atomic mass is 10.1. The van der Waals surface area contributed by atoms with E-state index in [0.717, 1.165) is 23.5 Å². The summed E-state index contributed by atoms with van der Waals surface area (Å²) in [6.45, 7) is 2.19. The van der Waals surface area contributed by atoms with Crippen molar-refractivity contribution in [3.05, 3.63) is 47.6 Å². The summed E-state index contributed by atoms with van der Waals surface area (Å²) in [5.74, 6) is 0. The van der Waals surface area contributed by atoms with Gasteiger partial charge in [0.15, 0.2) is 0 Å². The Labute approximate surface area is 127 Å². The molecule has 0 spiro atoms. The molecule has 2 N–H and O–H groups in total. The van der Waals surface area contributed by atoms with Gasteiger partial charge in [-0.3, -0.25) is 0 Å². The van der Waals surface area contributed by atoms with Gasteiger partial charge in [-0.25, -0.2) is 4.99 Å². The minimum atomic E-state index is 0.628. The maximum atomic E-state index is 4.78. The molecule has 1 aromatic heterocycles. The van der Waals surface area contributed by atoms with E-state index in [-0.39, 0.29) is 0 Å². The van der Waals surface area contributed by atoms with E-state index in [1.54, 1.807) is 0 Å². The average molecular weight is 283 g/mol. The maximum Gasteiger partial charge on any atom is 0.0875 e. The zero-order valence-corrected chi connectivity index (χ0v) is 12.9. The highest BCUT2D eigenvalue weighted by atomic mass is 14.9. The second kappa shape index (κ2) is 6.79. The fourth-order valence-electron chi connectivity index (χ4n) is 3.15. The van der Waals surface area contributed by atoms with Gasteiger partial charge < -0.3 is 10.3 Å². The van der Waals surface area contributed by atoms with Crippen molar-refractivity contribution in [1.29, 1.82) is 0 Å². The fourth-order valence-corrected chi connectivity index (χ4v) is 3.15. The maximum absolute atomic E-state index is 4.78. The van der Waals surface area contributed by atoms with E-state index in [1.807, 2.05) is 12.3 Å². The van der Waals surface area contributed by atoms with Crippen LogP contribution in [0.5, 0.6) is 0 Å². The standard InChI is InChI=1S/C18H25N3/c1-2-14-12-17(16-10-7-11-19-16)21-18(14)13-20-15-8-5-3-4-6-9-15/h7,10-13,15,19-20H,2-6,8-9H2,1H3. The molecule has 1 aromatic rings. The molecular formula is C18H25N3. The summed E-state index contributed by atoms with van der Waals surface area (Å²) in [6, 6.07) is 4.72. The van der Waals surface area contributed by atoms with Crippen molar-refractivity contribution in [2.45, 2.75) is 57.9 Å². The average Bonchev–Trinajstić information content (AvgIpc) is 3.09. The Hall–Kier alpha value is -1.77. The van der Waals surface area contributed by atoms with Crippen LogP contribution in [0.3, 0.4) is 0 Å². The Morgan fingerprint density at radius 2 is 2.10 bits per heavy atom. The first-order valence-electron chi connectivity index (χ1n) is 8.26. The number of aromatic amines is 1. The molecule has 0 aromatic carbocycles. The molecule has 0 atom stereocenters. The van der Waals surface area contributed by atoms with Gasteiger partial charge in [-0.1, -0.05) is 32.6 Å². The normalized spacial score (nSPS) is 22.0. The predicted molar refractivity (Wildman–Crippen MR) is 88.4 cm³/mol. The first-order valence-corrected chi connectivity index (χ1v) is 8.26. The third-order valence-electron chi connectivity index (χ3n) is 4.45. The molecule has 2 heterocycles. The molecule has 3 nitrogen and oxygen atoms in total. The van der Waals surface area contributed by atoms with Crippen LogP contribution in [0.4, 0.5) is 0 Å². The minimum absolute atomic E-state index is 0.628. The second-order valence-electron chi connectivity index (χ2n) is 5.99. The van der Waals surface area contributed by atoms with Gasteiger partial charge in [0.05, 0.1) is 17.1 Å². The summed E-state index contributed by atoms with van der Waals surface area (Å²) < 4.78 is 0. The molecule has 2 aliphatic rings. The molecule has 3 heteroatoms. The lowest BCUT2D eigenvalue weighted by Gasteiger charge is -2.14. The van der Waals surface area contributed by atoms with Crippen LogP contribution in [0.25, 0.3) is 0 Å². The SMILES string of the molecule is CCC1=CC(c2ccc[nH]2)=NC1=CNC1CCCCCC1. The van der Waals surface area contributed by atoms with E-state index in [0.29, 0.717) is 6.04 Å². The summed E-state index contributed by atoms with van der Waals surface area (Å²) in [6.07, 6.45) is 15.4. The predicted octanol–water partition coefficient (Wildman–Crippen LogP) is 4.31. The highest BCUT2D eigenvalue weighted by molar-refractivity contribution is 6.10. The van der Waals surface area contributed by atoms with Crippen molar-refractivity contribution in [3.63, 3.8) is 0 Å². The van der Waals surface area contributed by atoms with Gasteiger partial charge in [-0.05, 0) is 43.0 Å². The van der Waals surface area contributed by atoms with E-state index in [1.165, 1.54) is 44.1 Å². The quantitative estimate of drug-likeness (QED) is 0.794. The van der Waals surface area contributed by atoms with Crippen LogP contribution in [0, 0.1) is 0 Å². The molecule has 21 heavy (non-hydrogen) atoms. The van der Waals surface area contributed by atoms with Gasteiger partial charge in [0, 0.05) is 18.4 Å².